The largest absolute Gasteiger partial charge is 1.00 e. The number of hydrogen-bond donors (Lipinski definition) is 2. The Morgan fingerprint density at radius 1 is 1.07 bits per heavy atom. The van der Waals surface area contributed by atoms with Crippen LogP contribution in [0.25, 0.3) is 11.2 Å². The summed E-state index contributed by atoms with van der Waals surface area (Å²) in [5.74, 6) is -0.775. The van der Waals surface area contributed by atoms with E-state index >= 15 is 0 Å². The summed E-state index contributed by atoms with van der Waals surface area (Å²) < 4.78 is 0. The molecule has 0 aromatic carbocycles. The van der Waals surface area contributed by atoms with Gasteiger partial charge in [-0.15, -0.1) is 0 Å². The maximum absolute atomic E-state index is 10.9. The summed E-state index contributed by atoms with van der Waals surface area (Å²) in [6.07, 6.45) is 0. The summed E-state index contributed by atoms with van der Waals surface area (Å²) in [6, 6.07) is -0.900. The van der Waals surface area contributed by atoms with Crippen LogP contribution >= 0.6 is 0 Å². The first kappa shape index (κ1) is 18.5. The van der Waals surface area contributed by atoms with Crippen molar-refractivity contribution in [2.45, 2.75) is 0 Å². The average Bonchev–Trinajstić information content (AvgIpc) is 2.29. The van der Waals surface area contributed by atoms with Crippen molar-refractivity contribution >= 4 is 11.2 Å². The second-order valence-electron chi connectivity index (χ2n) is 2.11. The summed E-state index contributed by atoms with van der Waals surface area (Å²) in [6.45, 7) is 0. The zero-order valence-electron chi connectivity index (χ0n) is 8.12. The predicted molar refractivity (Wildman–Crippen MR) is 37.0 cm³/mol. The topological polar surface area (TPSA) is 152 Å². The molecule has 0 aliphatic heterocycles. The minimum absolute atomic E-state index is 0. The van der Waals surface area contributed by atoms with Crippen LogP contribution in [0.15, 0.2) is 4.79 Å². The van der Waals surface area contributed by atoms with Crippen molar-refractivity contribution in [3.63, 3.8) is 0 Å². The van der Waals surface area contributed by atoms with E-state index in [1.807, 2.05) is 0 Å². The van der Waals surface area contributed by atoms with E-state index in [9.17, 15) is 15.0 Å². The van der Waals surface area contributed by atoms with Gasteiger partial charge >= 0.3 is 108 Å². The van der Waals surface area contributed by atoms with Crippen molar-refractivity contribution in [1.29, 1.82) is 0 Å². The number of H-pyrrole nitrogens is 2. The number of imidazole rings is 1. The van der Waals surface area contributed by atoms with Crippen LogP contribution < -0.4 is 119 Å². The SMILES string of the molecule is O.O=c1[nH]c2nc([O-])nc([O-])c2[nH]1.[K+].[K+]. The van der Waals surface area contributed by atoms with Gasteiger partial charge in [-0.1, -0.05) is 0 Å². The molecule has 70 valence electrons. The molecule has 15 heavy (non-hydrogen) atoms. The van der Waals surface area contributed by atoms with Gasteiger partial charge in [-0.05, 0) is 0 Å². The van der Waals surface area contributed by atoms with E-state index in [2.05, 4.69) is 19.9 Å². The van der Waals surface area contributed by atoms with Crippen LogP contribution in [0.1, 0.15) is 0 Å². The third-order valence-corrected chi connectivity index (χ3v) is 1.33. The molecule has 10 heteroatoms. The first-order chi connectivity index (χ1) is 5.66. The molecule has 0 aliphatic rings. The third-order valence-electron chi connectivity index (χ3n) is 1.33. The minimum Gasteiger partial charge on any atom is -0.857 e. The van der Waals surface area contributed by atoms with Crippen molar-refractivity contribution in [2.24, 2.45) is 0 Å². The van der Waals surface area contributed by atoms with E-state index < -0.39 is 17.6 Å². The molecule has 4 N–H and O–H groups in total. The van der Waals surface area contributed by atoms with Crippen LogP contribution in [0.3, 0.4) is 0 Å². The Bertz CT molecular complexity index is 495. The Labute approximate surface area is 168 Å². The molecule has 2 rings (SSSR count). The molecule has 2 aromatic rings. The monoisotopic (exact) mass is 262 g/mol. The van der Waals surface area contributed by atoms with Crippen LogP contribution in [0.2, 0.25) is 0 Å². The zero-order valence-corrected chi connectivity index (χ0v) is 14.4. The Balaban J connectivity index is 0. The molecule has 0 fully saturated rings. The minimum atomic E-state index is -0.900. The standard InChI is InChI=1S/C5H4N4O3.2K.H2O/c10-3-1-2(7-4(11)6-1)8-5(12)9-3;;;/h(H4,6,7,8,9,10,11,12);;;1H2/q;2*+1;/p-2. The molecule has 0 spiro atoms. The molecule has 0 amide bonds. The number of nitrogens with zero attached hydrogens (tertiary/aromatic N) is 2. The maximum atomic E-state index is 10.9. The number of hydrogen-bond acceptors (Lipinski definition) is 5. The molecule has 2 heterocycles. The Morgan fingerprint density at radius 2 is 1.67 bits per heavy atom. The van der Waals surface area contributed by atoms with Crippen LogP contribution in [-0.4, -0.2) is 25.4 Å². The number of nitrogens with one attached hydrogen (secondary N) is 2. The maximum Gasteiger partial charge on any atom is 1.00 e. The Hall–Kier alpha value is 1.18. The molecule has 0 aliphatic carbocycles. The summed E-state index contributed by atoms with van der Waals surface area (Å²) in [5.41, 5.74) is -0.702. The van der Waals surface area contributed by atoms with Gasteiger partial charge in [-0.25, -0.2) is 9.78 Å². The quantitative estimate of drug-likeness (QED) is 0.451. The van der Waals surface area contributed by atoms with E-state index in [-0.39, 0.29) is 119 Å². The molecular formula is C5H4K2N4O4. The number of fused-ring (bicyclic) bond motifs is 1. The number of aromatic amines is 2. The van der Waals surface area contributed by atoms with E-state index in [1.54, 1.807) is 0 Å². The van der Waals surface area contributed by atoms with Gasteiger partial charge in [0.2, 0.25) is 0 Å². The van der Waals surface area contributed by atoms with E-state index in [0.29, 0.717) is 0 Å². The fraction of sp³-hybridized carbons (Fsp3) is 0. The smallest absolute Gasteiger partial charge is 0.857 e. The first-order valence-electron chi connectivity index (χ1n) is 3.01. The van der Waals surface area contributed by atoms with E-state index in [0.717, 1.165) is 0 Å². The summed E-state index contributed by atoms with van der Waals surface area (Å²) in [4.78, 5) is 21.3. The molecule has 0 radical (unpaired) electrons. The molecule has 0 bridgehead atoms. The van der Waals surface area contributed by atoms with Crippen molar-refractivity contribution in [3.05, 3.63) is 10.5 Å². The third kappa shape index (κ3) is 4.16. The predicted octanol–water partition coefficient (Wildman–Crippen LogP) is -9.02. The van der Waals surface area contributed by atoms with Crippen LogP contribution in [0.4, 0.5) is 0 Å². The van der Waals surface area contributed by atoms with Crippen molar-refractivity contribution < 1.29 is 118 Å². The number of aromatic nitrogens is 4. The van der Waals surface area contributed by atoms with Gasteiger partial charge in [-0.2, -0.15) is 0 Å². The first-order valence-corrected chi connectivity index (χ1v) is 3.01. The van der Waals surface area contributed by atoms with Crippen LogP contribution in [0, 0.1) is 0 Å². The van der Waals surface area contributed by atoms with Gasteiger partial charge in [0.1, 0.15) is 0 Å². The second kappa shape index (κ2) is 7.50. The summed E-state index contributed by atoms with van der Waals surface area (Å²) in [5, 5.41) is 21.4. The molecule has 2 aromatic heterocycles. The van der Waals surface area contributed by atoms with Gasteiger partial charge < -0.3 is 20.7 Å². The fourth-order valence-corrected chi connectivity index (χ4v) is 0.876. The molecular weight excluding hydrogens is 258 g/mol. The van der Waals surface area contributed by atoms with Gasteiger partial charge in [0.15, 0.2) is 5.65 Å². The molecule has 0 atom stereocenters. The molecule has 8 nitrogen and oxygen atoms in total. The van der Waals surface area contributed by atoms with Gasteiger partial charge in [0.25, 0.3) is 0 Å². The average molecular weight is 262 g/mol. The normalized spacial score (nSPS) is 8.53. The second-order valence-corrected chi connectivity index (χ2v) is 2.11. The molecule has 0 saturated carbocycles. The Morgan fingerprint density at radius 3 is 2.27 bits per heavy atom. The zero-order chi connectivity index (χ0) is 8.72. The van der Waals surface area contributed by atoms with Crippen molar-refractivity contribution in [2.75, 3.05) is 0 Å². The van der Waals surface area contributed by atoms with Gasteiger partial charge in [0, 0.05) is 5.88 Å². The fourth-order valence-electron chi connectivity index (χ4n) is 0.876. The molecule has 0 saturated heterocycles. The number of rotatable bonds is 0. The van der Waals surface area contributed by atoms with Gasteiger partial charge in [0.05, 0.1) is 11.5 Å². The van der Waals surface area contributed by atoms with Gasteiger partial charge in [-0.3, -0.25) is 9.97 Å². The van der Waals surface area contributed by atoms with E-state index in [1.165, 1.54) is 0 Å². The Kier molecular flexibility index (Phi) is 9.27. The van der Waals surface area contributed by atoms with Crippen molar-refractivity contribution in [3.8, 4) is 11.9 Å². The van der Waals surface area contributed by atoms with Crippen molar-refractivity contribution in [1.82, 2.24) is 19.9 Å². The molecule has 0 unspecified atom stereocenters. The summed E-state index contributed by atoms with van der Waals surface area (Å²) >= 11 is 0. The van der Waals surface area contributed by atoms with Crippen LogP contribution in [-0.2, 0) is 0 Å². The summed E-state index contributed by atoms with van der Waals surface area (Å²) in [7, 11) is 0. The van der Waals surface area contributed by atoms with Crippen LogP contribution in [0.5, 0.6) is 11.9 Å². The van der Waals surface area contributed by atoms with E-state index in [4.69, 9.17) is 0 Å².